The van der Waals surface area contributed by atoms with Crippen LogP contribution in [0, 0.1) is 0 Å². The van der Waals surface area contributed by atoms with Crippen LogP contribution >= 0.6 is 0 Å². The van der Waals surface area contributed by atoms with Crippen molar-refractivity contribution in [3.8, 4) is 0 Å². The van der Waals surface area contributed by atoms with Crippen LogP contribution in [0.1, 0.15) is 53.4 Å². The van der Waals surface area contributed by atoms with E-state index in [0.717, 1.165) is 30.4 Å². The normalized spacial score (nSPS) is 18.6. The predicted molar refractivity (Wildman–Crippen MR) is 69.4 cm³/mol. The number of allylic oxidation sites excluding steroid dienone is 6. The van der Waals surface area contributed by atoms with E-state index in [1.807, 2.05) is 0 Å². The van der Waals surface area contributed by atoms with Crippen molar-refractivity contribution in [1.29, 1.82) is 0 Å². The molecule has 1 heteroatoms. The zero-order valence-corrected chi connectivity index (χ0v) is 10.9. The van der Waals surface area contributed by atoms with Gasteiger partial charge in [0, 0.05) is 12.0 Å². The summed E-state index contributed by atoms with van der Waals surface area (Å²) in [4.78, 5) is 11.7. The third kappa shape index (κ3) is 3.19. The maximum Gasteiger partial charge on any atom is 0.163 e. The molecule has 0 bridgehead atoms. The average Bonchev–Trinajstić information content (AvgIpc) is 2.58. The fourth-order valence-electron chi connectivity index (χ4n) is 2.03. The van der Waals surface area contributed by atoms with Crippen LogP contribution in [-0.4, -0.2) is 5.78 Å². The zero-order chi connectivity index (χ0) is 12.1. The Hall–Kier alpha value is -1.11. The maximum atomic E-state index is 11.7. The van der Waals surface area contributed by atoms with Crippen LogP contribution in [0.4, 0.5) is 0 Å². The Kier molecular flexibility index (Phi) is 4.72. The second-order valence-electron chi connectivity index (χ2n) is 4.61. The monoisotopic (exact) mass is 218 g/mol. The molecule has 1 aliphatic carbocycles. The Bertz CT molecular complexity index is 367. The molecule has 1 rings (SSSR count). The molecule has 0 aromatic heterocycles. The molecule has 16 heavy (non-hydrogen) atoms. The molecule has 0 radical (unpaired) electrons. The van der Waals surface area contributed by atoms with E-state index in [2.05, 4.69) is 39.8 Å². The van der Waals surface area contributed by atoms with Gasteiger partial charge in [0.1, 0.15) is 0 Å². The summed E-state index contributed by atoms with van der Waals surface area (Å²) in [5, 5.41) is 0. The summed E-state index contributed by atoms with van der Waals surface area (Å²) in [6, 6.07) is 0. The molecule has 0 spiro atoms. The summed E-state index contributed by atoms with van der Waals surface area (Å²) >= 11 is 0. The first-order valence-electron chi connectivity index (χ1n) is 6.12. The second kappa shape index (κ2) is 5.83. The Morgan fingerprint density at radius 3 is 2.44 bits per heavy atom. The molecule has 0 saturated heterocycles. The van der Waals surface area contributed by atoms with Gasteiger partial charge in [-0.05, 0) is 45.6 Å². The van der Waals surface area contributed by atoms with Crippen molar-refractivity contribution in [2.75, 3.05) is 0 Å². The van der Waals surface area contributed by atoms with Crippen molar-refractivity contribution in [3.05, 3.63) is 34.4 Å². The first kappa shape index (κ1) is 13.0. The van der Waals surface area contributed by atoms with Gasteiger partial charge in [0.2, 0.25) is 0 Å². The molecular formula is C15H22O. The lowest BCUT2D eigenvalue weighted by molar-refractivity contribution is -0.114. The fourth-order valence-corrected chi connectivity index (χ4v) is 2.03. The highest BCUT2D eigenvalue weighted by Gasteiger charge is 2.20. The van der Waals surface area contributed by atoms with Gasteiger partial charge >= 0.3 is 0 Å². The Morgan fingerprint density at radius 2 is 1.94 bits per heavy atom. The number of carbonyl (C=O) groups excluding carboxylic acids is 1. The van der Waals surface area contributed by atoms with Crippen LogP contribution in [-0.2, 0) is 4.79 Å². The summed E-state index contributed by atoms with van der Waals surface area (Å²) in [5.74, 6) is 0.322. The molecular weight excluding hydrogens is 196 g/mol. The number of rotatable bonds is 4. The molecule has 0 unspecified atom stereocenters. The number of hydrogen-bond acceptors (Lipinski definition) is 1. The molecule has 0 saturated carbocycles. The molecule has 0 aromatic carbocycles. The van der Waals surface area contributed by atoms with Gasteiger partial charge in [-0.1, -0.05) is 30.2 Å². The van der Waals surface area contributed by atoms with Gasteiger partial charge in [-0.3, -0.25) is 4.79 Å². The van der Waals surface area contributed by atoms with Crippen LogP contribution < -0.4 is 0 Å². The highest BCUT2D eigenvalue weighted by molar-refractivity contribution is 6.02. The van der Waals surface area contributed by atoms with Gasteiger partial charge in [-0.2, -0.15) is 0 Å². The van der Waals surface area contributed by atoms with E-state index in [0.29, 0.717) is 12.2 Å². The summed E-state index contributed by atoms with van der Waals surface area (Å²) in [7, 11) is 0. The summed E-state index contributed by atoms with van der Waals surface area (Å²) in [6.07, 6.45) is 8.10. The van der Waals surface area contributed by atoms with Crippen molar-refractivity contribution < 1.29 is 4.79 Å². The second-order valence-corrected chi connectivity index (χ2v) is 4.61. The maximum absolute atomic E-state index is 11.7. The SMILES string of the molecule is CCC(C)=CCC=C(C)C1=C(C)CCC1=O. The number of ketones is 1. The molecule has 88 valence electrons. The van der Waals surface area contributed by atoms with Crippen molar-refractivity contribution in [1.82, 2.24) is 0 Å². The minimum atomic E-state index is 0.322. The van der Waals surface area contributed by atoms with Crippen molar-refractivity contribution in [3.63, 3.8) is 0 Å². The first-order chi connectivity index (χ1) is 7.56. The van der Waals surface area contributed by atoms with Crippen molar-refractivity contribution in [2.45, 2.75) is 53.4 Å². The molecule has 0 heterocycles. The van der Waals surface area contributed by atoms with Crippen LogP contribution in [0.5, 0.6) is 0 Å². The average molecular weight is 218 g/mol. The highest BCUT2D eigenvalue weighted by atomic mass is 16.1. The number of carbonyl (C=O) groups is 1. The lowest BCUT2D eigenvalue weighted by Crippen LogP contribution is -1.97. The molecule has 0 aliphatic heterocycles. The summed E-state index contributed by atoms with van der Waals surface area (Å²) < 4.78 is 0. The van der Waals surface area contributed by atoms with Gasteiger partial charge < -0.3 is 0 Å². The predicted octanol–water partition coefficient (Wildman–Crippen LogP) is 4.36. The van der Waals surface area contributed by atoms with Crippen LogP contribution in [0.2, 0.25) is 0 Å². The van der Waals surface area contributed by atoms with Gasteiger partial charge in [0.25, 0.3) is 0 Å². The lowest BCUT2D eigenvalue weighted by atomic mass is 10.0. The third-order valence-corrected chi connectivity index (χ3v) is 3.28. The summed E-state index contributed by atoms with van der Waals surface area (Å²) in [6.45, 7) is 8.44. The minimum Gasteiger partial charge on any atom is -0.294 e. The molecule has 1 nitrogen and oxygen atoms in total. The van der Waals surface area contributed by atoms with Crippen molar-refractivity contribution >= 4 is 5.78 Å². The molecule has 1 aliphatic rings. The van der Waals surface area contributed by atoms with E-state index >= 15 is 0 Å². The van der Waals surface area contributed by atoms with E-state index < -0.39 is 0 Å². The van der Waals surface area contributed by atoms with Gasteiger partial charge in [-0.15, -0.1) is 0 Å². The Balaban J connectivity index is 2.71. The summed E-state index contributed by atoms with van der Waals surface area (Å²) in [5.41, 5.74) is 4.81. The molecule has 0 amide bonds. The molecule has 0 aromatic rings. The standard InChI is InChI=1S/C15H22O/c1-5-11(2)7-6-8-12(3)15-13(4)9-10-14(15)16/h7-8H,5-6,9-10H2,1-4H3. The minimum absolute atomic E-state index is 0.322. The highest BCUT2D eigenvalue weighted by Crippen LogP contribution is 2.28. The van der Waals surface area contributed by atoms with Crippen molar-refractivity contribution in [2.24, 2.45) is 0 Å². The van der Waals surface area contributed by atoms with Gasteiger partial charge in [-0.25, -0.2) is 0 Å². The van der Waals surface area contributed by atoms with E-state index in [4.69, 9.17) is 0 Å². The largest absolute Gasteiger partial charge is 0.294 e. The lowest BCUT2D eigenvalue weighted by Gasteiger charge is -2.02. The quantitative estimate of drug-likeness (QED) is 0.641. The van der Waals surface area contributed by atoms with Gasteiger partial charge in [0.15, 0.2) is 5.78 Å². The topological polar surface area (TPSA) is 17.1 Å². The fraction of sp³-hybridized carbons (Fsp3) is 0.533. The van der Waals surface area contributed by atoms with E-state index in [1.54, 1.807) is 0 Å². The Morgan fingerprint density at radius 1 is 1.25 bits per heavy atom. The van der Waals surface area contributed by atoms with Crippen LogP contribution in [0.3, 0.4) is 0 Å². The van der Waals surface area contributed by atoms with Crippen LogP contribution in [0.25, 0.3) is 0 Å². The van der Waals surface area contributed by atoms with E-state index in [9.17, 15) is 4.79 Å². The van der Waals surface area contributed by atoms with Gasteiger partial charge in [0.05, 0.1) is 0 Å². The van der Waals surface area contributed by atoms with Crippen LogP contribution in [0.15, 0.2) is 34.4 Å². The molecule has 0 fully saturated rings. The van der Waals surface area contributed by atoms with E-state index in [-0.39, 0.29) is 0 Å². The zero-order valence-electron chi connectivity index (χ0n) is 10.9. The Labute approximate surface area is 98.9 Å². The number of hydrogen-bond donors (Lipinski definition) is 0. The molecule has 0 atom stereocenters. The first-order valence-corrected chi connectivity index (χ1v) is 6.12. The van der Waals surface area contributed by atoms with E-state index in [1.165, 1.54) is 11.1 Å². The smallest absolute Gasteiger partial charge is 0.163 e. The third-order valence-electron chi connectivity index (χ3n) is 3.28. The molecule has 0 N–H and O–H groups in total. The number of Topliss-reactive ketones (excluding diaryl/α,β-unsaturated/α-hetero) is 1.